The zero-order valence-corrected chi connectivity index (χ0v) is 10.4. The molecule has 1 saturated heterocycles. The van der Waals surface area contributed by atoms with Gasteiger partial charge in [-0.1, -0.05) is 13.8 Å². The highest BCUT2D eigenvalue weighted by molar-refractivity contribution is 4.77. The largest absolute Gasteiger partial charge is 0.384 e. The SMILES string of the molecule is COCC1CCN(CCC(N)C(C)C)C1. The predicted molar refractivity (Wildman–Crippen MR) is 63.9 cm³/mol. The minimum Gasteiger partial charge on any atom is -0.384 e. The maximum atomic E-state index is 6.04. The van der Waals surface area contributed by atoms with Crippen molar-refractivity contribution in [3.8, 4) is 0 Å². The van der Waals surface area contributed by atoms with Crippen LogP contribution < -0.4 is 5.73 Å². The summed E-state index contributed by atoms with van der Waals surface area (Å²) in [6.45, 7) is 8.87. The van der Waals surface area contributed by atoms with Gasteiger partial charge in [0.2, 0.25) is 0 Å². The first-order chi connectivity index (χ1) is 7.13. The van der Waals surface area contributed by atoms with E-state index in [1.54, 1.807) is 7.11 Å². The molecule has 2 atom stereocenters. The Morgan fingerprint density at radius 1 is 1.47 bits per heavy atom. The maximum absolute atomic E-state index is 6.04. The first-order valence-corrected chi connectivity index (χ1v) is 6.10. The van der Waals surface area contributed by atoms with E-state index < -0.39 is 0 Å². The third kappa shape index (κ3) is 4.49. The summed E-state index contributed by atoms with van der Waals surface area (Å²) in [6, 6.07) is 0.353. The Kier molecular flexibility index (Phi) is 5.58. The molecule has 0 aromatic heterocycles. The topological polar surface area (TPSA) is 38.5 Å². The minimum absolute atomic E-state index is 0.353. The van der Waals surface area contributed by atoms with Crippen LogP contribution in [0.3, 0.4) is 0 Å². The van der Waals surface area contributed by atoms with Crippen LogP contribution in [0.2, 0.25) is 0 Å². The van der Waals surface area contributed by atoms with Gasteiger partial charge >= 0.3 is 0 Å². The third-order valence-electron chi connectivity index (χ3n) is 3.41. The Morgan fingerprint density at radius 3 is 2.80 bits per heavy atom. The Morgan fingerprint density at radius 2 is 2.20 bits per heavy atom. The lowest BCUT2D eigenvalue weighted by atomic mass is 10.0. The summed E-state index contributed by atoms with van der Waals surface area (Å²) >= 11 is 0. The van der Waals surface area contributed by atoms with Gasteiger partial charge in [-0.25, -0.2) is 0 Å². The second-order valence-electron chi connectivity index (χ2n) is 5.11. The molecule has 1 fully saturated rings. The van der Waals surface area contributed by atoms with Gasteiger partial charge in [-0.3, -0.25) is 0 Å². The molecule has 1 aliphatic heterocycles. The number of hydrogen-bond acceptors (Lipinski definition) is 3. The molecule has 1 heterocycles. The van der Waals surface area contributed by atoms with E-state index in [0.29, 0.717) is 12.0 Å². The van der Waals surface area contributed by atoms with E-state index >= 15 is 0 Å². The van der Waals surface area contributed by atoms with Crippen LogP contribution in [0.25, 0.3) is 0 Å². The highest BCUT2D eigenvalue weighted by Crippen LogP contribution is 2.17. The fourth-order valence-electron chi connectivity index (χ4n) is 2.15. The van der Waals surface area contributed by atoms with Crippen LogP contribution in [0.5, 0.6) is 0 Å². The van der Waals surface area contributed by atoms with Crippen molar-refractivity contribution in [2.45, 2.75) is 32.7 Å². The Bertz CT molecular complexity index is 173. The van der Waals surface area contributed by atoms with Gasteiger partial charge in [0, 0.05) is 19.7 Å². The molecule has 1 aliphatic rings. The molecule has 3 heteroatoms. The van der Waals surface area contributed by atoms with Crippen molar-refractivity contribution in [1.82, 2.24) is 4.90 Å². The number of nitrogens with zero attached hydrogens (tertiary/aromatic N) is 1. The van der Waals surface area contributed by atoms with Crippen LogP contribution >= 0.6 is 0 Å². The third-order valence-corrected chi connectivity index (χ3v) is 3.41. The molecule has 3 nitrogen and oxygen atoms in total. The lowest BCUT2D eigenvalue weighted by molar-refractivity contribution is 0.152. The number of rotatable bonds is 6. The fourth-order valence-corrected chi connectivity index (χ4v) is 2.15. The summed E-state index contributed by atoms with van der Waals surface area (Å²) < 4.78 is 5.19. The van der Waals surface area contributed by atoms with Crippen LogP contribution in [0.4, 0.5) is 0 Å². The second-order valence-corrected chi connectivity index (χ2v) is 5.11. The van der Waals surface area contributed by atoms with Crippen molar-refractivity contribution < 1.29 is 4.74 Å². The van der Waals surface area contributed by atoms with Gasteiger partial charge < -0.3 is 15.4 Å². The summed E-state index contributed by atoms with van der Waals surface area (Å²) in [6.07, 6.45) is 2.40. The number of ether oxygens (including phenoxy) is 1. The summed E-state index contributed by atoms with van der Waals surface area (Å²) in [5.74, 6) is 1.34. The zero-order valence-electron chi connectivity index (χ0n) is 10.4. The summed E-state index contributed by atoms with van der Waals surface area (Å²) in [5, 5.41) is 0. The summed E-state index contributed by atoms with van der Waals surface area (Å²) in [7, 11) is 1.79. The van der Waals surface area contributed by atoms with Crippen LogP contribution in [-0.4, -0.2) is 44.3 Å². The van der Waals surface area contributed by atoms with Crippen LogP contribution in [0.15, 0.2) is 0 Å². The van der Waals surface area contributed by atoms with Crippen molar-refractivity contribution in [2.24, 2.45) is 17.6 Å². The van der Waals surface area contributed by atoms with E-state index in [0.717, 1.165) is 25.5 Å². The molecule has 0 spiro atoms. The molecule has 15 heavy (non-hydrogen) atoms. The fraction of sp³-hybridized carbons (Fsp3) is 1.00. The highest BCUT2D eigenvalue weighted by atomic mass is 16.5. The van der Waals surface area contributed by atoms with Crippen molar-refractivity contribution in [1.29, 1.82) is 0 Å². The Labute approximate surface area is 94.0 Å². The van der Waals surface area contributed by atoms with Gasteiger partial charge in [0.1, 0.15) is 0 Å². The number of likely N-dealkylation sites (tertiary alicyclic amines) is 1. The quantitative estimate of drug-likeness (QED) is 0.725. The van der Waals surface area contributed by atoms with Gasteiger partial charge in [0.25, 0.3) is 0 Å². The zero-order chi connectivity index (χ0) is 11.3. The predicted octanol–water partition coefficient (Wildman–Crippen LogP) is 1.33. The molecule has 1 rings (SSSR count). The molecule has 2 unspecified atom stereocenters. The molecule has 0 amide bonds. The van der Waals surface area contributed by atoms with Crippen molar-refractivity contribution >= 4 is 0 Å². The average molecular weight is 214 g/mol. The van der Waals surface area contributed by atoms with Gasteiger partial charge in [-0.2, -0.15) is 0 Å². The Hall–Kier alpha value is -0.120. The lowest BCUT2D eigenvalue weighted by Crippen LogP contribution is -2.32. The van der Waals surface area contributed by atoms with E-state index in [-0.39, 0.29) is 0 Å². The van der Waals surface area contributed by atoms with E-state index in [9.17, 15) is 0 Å². The molecular formula is C12H26N2O. The minimum atomic E-state index is 0.353. The van der Waals surface area contributed by atoms with Crippen LogP contribution in [0.1, 0.15) is 26.7 Å². The lowest BCUT2D eigenvalue weighted by Gasteiger charge is -2.20. The average Bonchev–Trinajstić information content (AvgIpc) is 2.62. The number of hydrogen-bond donors (Lipinski definition) is 1. The van der Waals surface area contributed by atoms with Gasteiger partial charge in [0.05, 0.1) is 6.61 Å². The molecule has 0 aromatic carbocycles. The molecule has 90 valence electrons. The van der Waals surface area contributed by atoms with E-state index in [1.165, 1.54) is 19.5 Å². The molecular weight excluding hydrogens is 188 g/mol. The van der Waals surface area contributed by atoms with E-state index in [4.69, 9.17) is 10.5 Å². The standard InChI is InChI=1S/C12H26N2O/c1-10(2)12(13)5-7-14-6-4-11(8-14)9-15-3/h10-12H,4-9,13H2,1-3H3. The smallest absolute Gasteiger partial charge is 0.0503 e. The molecule has 0 aliphatic carbocycles. The van der Waals surface area contributed by atoms with Crippen LogP contribution in [0, 0.1) is 11.8 Å². The van der Waals surface area contributed by atoms with Crippen molar-refractivity contribution in [2.75, 3.05) is 33.4 Å². The molecule has 0 saturated carbocycles. The summed E-state index contributed by atoms with van der Waals surface area (Å²) in [5.41, 5.74) is 6.04. The maximum Gasteiger partial charge on any atom is 0.0503 e. The van der Waals surface area contributed by atoms with Gasteiger partial charge in [-0.15, -0.1) is 0 Å². The van der Waals surface area contributed by atoms with Gasteiger partial charge in [0.15, 0.2) is 0 Å². The first-order valence-electron chi connectivity index (χ1n) is 6.10. The van der Waals surface area contributed by atoms with E-state index in [2.05, 4.69) is 18.7 Å². The molecule has 0 bridgehead atoms. The Balaban J connectivity index is 2.13. The molecule has 0 aromatic rings. The number of methoxy groups -OCH3 is 1. The summed E-state index contributed by atoms with van der Waals surface area (Å²) in [4.78, 5) is 2.52. The van der Waals surface area contributed by atoms with Crippen LogP contribution in [-0.2, 0) is 4.74 Å². The number of nitrogens with two attached hydrogens (primary N) is 1. The van der Waals surface area contributed by atoms with Crippen molar-refractivity contribution in [3.05, 3.63) is 0 Å². The molecule has 0 radical (unpaired) electrons. The van der Waals surface area contributed by atoms with Crippen molar-refractivity contribution in [3.63, 3.8) is 0 Å². The van der Waals surface area contributed by atoms with Gasteiger partial charge in [-0.05, 0) is 37.8 Å². The molecule has 2 N–H and O–H groups in total. The first kappa shape index (κ1) is 12.9. The normalized spacial score (nSPS) is 25.0. The second kappa shape index (κ2) is 6.46. The monoisotopic (exact) mass is 214 g/mol. The van der Waals surface area contributed by atoms with E-state index in [1.807, 2.05) is 0 Å². The highest BCUT2D eigenvalue weighted by Gasteiger charge is 2.22.